The number of carbonyl (C=O) groups is 2. The predicted octanol–water partition coefficient (Wildman–Crippen LogP) is 2.50. The first kappa shape index (κ1) is 23.8. The maximum Gasteiger partial charge on any atom is 0.341 e. The van der Waals surface area contributed by atoms with E-state index < -0.39 is 21.8 Å². The Morgan fingerprint density at radius 3 is 2.42 bits per heavy atom. The summed E-state index contributed by atoms with van der Waals surface area (Å²) in [5.74, 6) is -1.19. The number of fused-ring (bicyclic) bond motifs is 1. The number of amides is 1. The van der Waals surface area contributed by atoms with Gasteiger partial charge in [-0.2, -0.15) is 4.31 Å². The third-order valence-electron chi connectivity index (χ3n) is 5.96. The number of sulfonamides is 1. The lowest BCUT2D eigenvalue weighted by molar-refractivity contribution is -0.117. The number of nitrogens with zero attached hydrogens (tertiary/aromatic N) is 2. The minimum atomic E-state index is -3.71. The average molecular weight is 496 g/mol. The van der Waals surface area contributed by atoms with Gasteiger partial charge in [-0.15, -0.1) is 11.3 Å². The number of esters is 1. The lowest BCUT2D eigenvalue weighted by Crippen LogP contribution is -2.50. The van der Waals surface area contributed by atoms with Gasteiger partial charge in [0.05, 0.1) is 24.1 Å². The first-order valence-corrected chi connectivity index (χ1v) is 13.1. The van der Waals surface area contributed by atoms with Crippen LogP contribution in [0.2, 0.25) is 0 Å². The Balaban J connectivity index is 1.37. The lowest BCUT2D eigenvalue weighted by atomic mass is 9.95. The van der Waals surface area contributed by atoms with Crippen LogP contribution < -0.4 is 5.32 Å². The Labute approximate surface area is 196 Å². The monoisotopic (exact) mass is 495 g/mol. The van der Waals surface area contributed by atoms with E-state index in [0.717, 1.165) is 48.3 Å². The summed E-state index contributed by atoms with van der Waals surface area (Å²) in [7, 11) is -2.38. The Kier molecular flexibility index (Phi) is 7.13. The van der Waals surface area contributed by atoms with Crippen molar-refractivity contribution in [3.8, 4) is 0 Å². The largest absolute Gasteiger partial charge is 0.465 e. The molecule has 8 nitrogen and oxygen atoms in total. The van der Waals surface area contributed by atoms with Gasteiger partial charge in [-0.25, -0.2) is 17.6 Å². The molecule has 2 heterocycles. The molecule has 1 N–H and O–H groups in total. The number of anilines is 1. The number of nitrogens with one attached hydrogen (secondary N) is 1. The Bertz CT molecular complexity index is 1140. The number of rotatable bonds is 6. The standard InChI is InChI=1S/C22H26FN3O5S2/c1-31-22(28)20-17-4-2-3-5-18(17)32-21(20)24-19(27)14-25-10-12-26(13-11-25)33(29,30)16-8-6-15(23)7-9-16/h6-9H,2-5,10-14H2,1H3,(H,24,27). The summed E-state index contributed by atoms with van der Waals surface area (Å²) in [6.07, 6.45) is 3.76. The first-order chi connectivity index (χ1) is 15.8. The molecule has 0 bridgehead atoms. The van der Waals surface area contributed by atoms with E-state index in [1.165, 1.54) is 34.9 Å². The third-order valence-corrected chi connectivity index (χ3v) is 9.08. The van der Waals surface area contributed by atoms with Crippen molar-refractivity contribution >= 4 is 38.2 Å². The van der Waals surface area contributed by atoms with Crippen LogP contribution in [0.1, 0.15) is 33.6 Å². The fourth-order valence-electron chi connectivity index (χ4n) is 4.22. The molecule has 1 amide bonds. The second-order valence-corrected chi connectivity index (χ2v) is 11.1. The number of ether oxygens (including phenoxy) is 1. The Hall–Kier alpha value is -2.34. The minimum Gasteiger partial charge on any atom is -0.465 e. The van der Waals surface area contributed by atoms with Crippen molar-refractivity contribution in [2.24, 2.45) is 0 Å². The summed E-state index contributed by atoms with van der Waals surface area (Å²) < 4.78 is 44.9. The van der Waals surface area contributed by atoms with E-state index in [0.29, 0.717) is 23.7 Å². The van der Waals surface area contributed by atoms with Crippen molar-refractivity contribution in [1.29, 1.82) is 0 Å². The number of methoxy groups -OCH3 is 1. The van der Waals surface area contributed by atoms with Gasteiger partial charge in [0.1, 0.15) is 10.8 Å². The fourth-order valence-corrected chi connectivity index (χ4v) is 6.94. The SMILES string of the molecule is COC(=O)c1c(NC(=O)CN2CCN(S(=O)(=O)c3ccc(F)cc3)CC2)sc2c1CCCC2. The Morgan fingerprint density at radius 2 is 1.76 bits per heavy atom. The summed E-state index contributed by atoms with van der Waals surface area (Å²) in [4.78, 5) is 28.1. The van der Waals surface area contributed by atoms with E-state index in [9.17, 15) is 22.4 Å². The van der Waals surface area contributed by atoms with E-state index in [1.807, 2.05) is 4.90 Å². The molecular formula is C22H26FN3O5S2. The van der Waals surface area contributed by atoms with Crippen LogP contribution >= 0.6 is 11.3 Å². The maximum absolute atomic E-state index is 13.1. The van der Waals surface area contributed by atoms with Crippen LogP contribution in [-0.2, 0) is 32.4 Å². The molecule has 1 aliphatic carbocycles. The van der Waals surface area contributed by atoms with Crippen molar-refractivity contribution in [3.63, 3.8) is 0 Å². The molecule has 0 atom stereocenters. The van der Waals surface area contributed by atoms with Gasteiger partial charge in [-0.1, -0.05) is 0 Å². The number of benzene rings is 1. The van der Waals surface area contributed by atoms with Gasteiger partial charge in [-0.05, 0) is 55.5 Å². The molecule has 11 heteroatoms. The summed E-state index contributed by atoms with van der Waals surface area (Å²) in [6.45, 7) is 1.33. The minimum absolute atomic E-state index is 0.0482. The van der Waals surface area contributed by atoms with Gasteiger partial charge >= 0.3 is 5.97 Å². The highest BCUT2D eigenvalue weighted by molar-refractivity contribution is 7.89. The van der Waals surface area contributed by atoms with Gasteiger partial charge < -0.3 is 10.1 Å². The number of carbonyl (C=O) groups excluding carboxylic acids is 2. The molecule has 2 aliphatic rings. The zero-order valence-corrected chi connectivity index (χ0v) is 19.9. The molecule has 2 aromatic rings. The van der Waals surface area contributed by atoms with E-state index in [4.69, 9.17) is 4.74 Å². The first-order valence-electron chi connectivity index (χ1n) is 10.8. The molecule has 1 aromatic carbocycles. The normalized spacial score (nSPS) is 17.4. The van der Waals surface area contributed by atoms with Gasteiger partial charge in [0.25, 0.3) is 0 Å². The summed E-state index contributed by atoms with van der Waals surface area (Å²) >= 11 is 1.43. The molecule has 1 fully saturated rings. The van der Waals surface area contributed by atoms with Gasteiger partial charge in [0, 0.05) is 31.1 Å². The zero-order chi connectivity index (χ0) is 23.6. The fraction of sp³-hybridized carbons (Fsp3) is 0.455. The topological polar surface area (TPSA) is 96.0 Å². The molecule has 0 spiro atoms. The number of thiophene rings is 1. The molecule has 4 rings (SSSR count). The highest BCUT2D eigenvalue weighted by atomic mass is 32.2. The molecule has 1 aliphatic heterocycles. The smallest absolute Gasteiger partial charge is 0.341 e. The van der Waals surface area contributed by atoms with Crippen molar-refractivity contribution < 1.29 is 27.1 Å². The maximum atomic E-state index is 13.1. The summed E-state index contributed by atoms with van der Waals surface area (Å²) in [6, 6.07) is 4.75. The lowest BCUT2D eigenvalue weighted by Gasteiger charge is -2.33. The van der Waals surface area contributed by atoms with Crippen molar-refractivity contribution in [1.82, 2.24) is 9.21 Å². The number of piperazine rings is 1. The van der Waals surface area contributed by atoms with Gasteiger partial charge in [0.2, 0.25) is 15.9 Å². The molecule has 1 saturated heterocycles. The average Bonchev–Trinajstić information content (AvgIpc) is 3.16. The molecule has 0 saturated carbocycles. The number of hydrogen-bond acceptors (Lipinski definition) is 7. The van der Waals surface area contributed by atoms with Crippen molar-refractivity contribution in [3.05, 3.63) is 46.1 Å². The molecule has 178 valence electrons. The molecule has 0 radical (unpaired) electrons. The summed E-state index contributed by atoms with van der Waals surface area (Å²) in [5.41, 5.74) is 1.44. The van der Waals surface area contributed by atoms with Crippen LogP contribution in [0.4, 0.5) is 9.39 Å². The quantitative estimate of drug-likeness (QED) is 0.619. The van der Waals surface area contributed by atoms with Gasteiger partial charge in [0.15, 0.2) is 0 Å². The number of hydrogen-bond donors (Lipinski definition) is 1. The zero-order valence-electron chi connectivity index (χ0n) is 18.3. The second-order valence-electron chi connectivity index (χ2n) is 8.09. The third kappa shape index (κ3) is 5.11. The van der Waals surface area contributed by atoms with Crippen LogP contribution in [-0.4, -0.2) is 69.3 Å². The number of halogens is 1. The predicted molar refractivity (Wildman–Crippen MR) is 123 cm³/mol. The number of aryl methyl sites for hydroxylation is 1. The summed E-state index contributed by atoms with van der Waals surface area (Å²) in [5, 5.41) is 3.40. The van der Waals surface area contributed by atoms with Crippen LogP contribution in [0.15, 0.2) is 29.2 Å². The highest BCUT2D eigenvalue weighted by Crippen LogP contribution is 2.38. The molecule has 0 unspecified atom stereocenters. The van der Waals surface area contributed by atoms with E-state index in [1.54, 1.807) is 0 Å². The molecule has 33 heavy (non-hydrogen) atoms. The molecule has 1 aromatic heterocycles. The molecular weight excluding hydrogens is 469 g/mol. The Morgan fingerprint density at radius 1 is 1.09 bits per heavy atom. The van der Waals surface area contributed by atoms with Crippen LogP contribution in [0, 0.1) is 5.82 Å². The van der Waals surface area contributed by atoms with E-state index >= 15 is 0 Å². The van der Waals surface area contributed by atoms with E-state index in [-0.39, 0.29) is 30.4 Å². The van der Waals surface area contributed by atoms with Gasteiger partial charge in [-0.3, -0.25) is 9.69 Å². The van der Waals surface area contributed by atoms with Crippen LogP contribution in [0.3, 0.4) is 0 Å². The highest BCUT2D eigenvalue weighted by Gasteiger charge is 2.30. The van der Waals surface area contributed by atoms with Crippen LogP contribution in [0.25, 0.3) is 0 Å². The van der Waals surface area contributed by atoms with Crippen molar-refractivity contribution in [2.75, 3.05) is 45.2 Å². The van der Waals surface area contributed by atoms with Crippen LogP contribution in [0.5, 0.6) is 0 Å². The second kappa shape index (κ2) is 9.88. The van der Waals surface area contributed by atoms with Crippen molar-refractivity contribution in [2.45, 2.75) is 30.6 Å². The van der Waals surface area contributed by atoms with E-state index in [2.05, 4.69) is 5.32 Å².